The number of aromatic nitrogens is 2. The van der Waals surface area contributed by atoms with Crippen LogP contribution in [0.1, 0.15) is 36.5 Å². The number of hydrogen-bond donors (Lipinski definition) is 2. The molecule has 0 saturated heterocycles. The molecule has 0 aliphatic carbocycles. The van der Waals surface area contributed by atoms with Gasteiger partial charge in [0, 0.05) is 12.6 Å². The molecule has 0 unspecified atom stereocenters. The Hall–Kier alpha value is -4.38. The van der Waals surface area contributed by atoms with E-state index in [0.717, 1.165) is 17.5 Å². The molecule has 8 nitrogen and oxygen atoms in total. The minimum absolute atomic E-state index is 0.0479. The van der Waals surface area contributed by atoms with Crippen LogP contribution in [0.25, 0.3) is 6.08 Å². The zero-order chi connectivity index (χ0) is 23.8. The van der Waals surface area contributed by atoms with Gasteiger partial charge in [-0.05, 0) is 35.8 Å². The molecule has 8 heteroatoms. The van der Waals surface area contributed by atoms with E-state index >= 15 is 0 Å². The molecule has 0 fully saturated rings. The number of H-pyrrole nitrogens is 1. The lowest BCUT2D eigenvalue weighted by Gasteiger charge is -2.23. The number of amides is 1. The first kappa shape index (κ1) is 23.3. The third-order valence-electron chi connectivity index (χ3n) is 5.13. The number of hydrogen-bond acceptors (Lipinski definition) is 5. The van der Waals surface area contributed by atoms with E-state index in [9.17, 15) is 14.4 Å². The number of rotatable bonds is 8. The second-order valence-electron chi connectivity index (χ2n) is 7.48. The van der Waals surface area contributed by atoms with Crippen LogP contribution in [-0.2, 0) is 17.9 Å². The SMILES string of the molecule is CCCCn1c(N)c(N(Cc2ccccc2)C(=O)/C=C/c2ccc(C#N)cc2)c(=O)[nH]c1=O. The molecule has 168 valence electrons. The van der Waals surface area contributed by atoms with Crippen molar-refractivity contribution in [3.8, 4) is 6.07 Å². The topological polar surface area (TPSA) is 125 Å². The summed E-state index contributed by atoms with van der Waals surface area (Å²) in [5.74, 6) is -0.519. The van der Waals surface area contributed by atoms with Crippen LogP contribution in [0.2, 0.25) is 0 Å². The van der Waals surface area contributed by atoms with Crippen molar-refractivity contribution in [2.45, 2.75) is 32.9 Å². The third kappa shape index (κ3) is 5.66. The first-order chi connectivity index (χ1) is 15.9. The molecule has 1 aromatic heterocycles. The Morgan fingerprint density at radius 1 is 1.15 bits per heavy atom. The highest BCUT2D eigenvalue weighted by molar-refractivity contribution is 6.05. The number of aromatic amines is 1. The molecule has 3 rings (SSSR count). The fourth-order valence-electron chi connectivity index (χ4n) is 3.34. The van der Waals surface area contributed by atoms with E-state index in [1.165, 1.54) is 15.5 Å². The highest BCUT2D eigenvalue weighted by atomic mass is 16.2. The number of anilines is 2. The van der Waals surface area contributed by atoms with Gasteiger partial charge in [-0.3, -0.25) is 24.0 Å². The summed E-state index contributed by atoms with van der Waals surface area (Å²) in [4.78, 5) is 41.9. The molecule has 1 amide bonds. The summed E-state index contributed by atoms with van der Waals surface area (Å²) in [6.07, 6.45) is 4.46. The molecular formula is C25H25N5O3. The molecule has 2 aromatic carbocycles. The third-order valence-corrected chi connectivity index (χ3v) is 5.13. The van der Waals surface area contributed by atoms with Crippen LogP contribution in [-0.4, -0.2) is 15.5 Å². The van der Waals surface area contributed by atoms with E-state index in [1.54, 1.807) is 30.3 Å². The van der Waals surface area contributed by atoms with Gasteiger partial charge in [0.25, 0.3) is 11.5 Å². The van der Waals surface area contributed by atoms with Crippen molar-refractivity contribution in [2.24, 2.45) is 0 Å². The minimum Gasteiger partial charge on any atom is -0.383 e. The fraction of sp³-hybridized carbons (Fsp3) is 0.200. The van der Waals surface area contributed by atoms with E-state index in [1.807, 2.05) is 43.3 Å². The highest BCUT2D eigenvalue weighted by Crippen LogP contribution is 2.21. The van der Waals surface area contributed by atoms with E-state index in [0.29, 0.717) is 18.5 Å². The summed E-state index contributed by atoms with van der Waals surface area (Å²) in [6, 6.07) is 18.0. The van der Waals surface area contributed by atoms with E-state index in [2.05, 4.69) is 4.98 Å². The van der Waals surface area contributed by atoms with Crippen LogP contribution in [0, 0.1) is 11.3 Å². The second kappa shape index (κ2) is 10.8. The van der Waals surface area contributed by atoms with Gasteiger partial charge in [-0.25, -0.2) is 4.79 Å². The van der Waals surface area contributed by atoms with Crippen molar-refractivity contribution < 1.29 is 4.79 Å². The number of nitriles is 1. The van der Waals surface area contributed by atoms with Crippen molar-refractivity contribution in [1.29, 1.82) is 5.26 Å². The molecule has 3 aromatic rings. The molecule has 0 atom stereocenters. The van der Waals surface area contributed by atoms with Gasteiger partial charge >= 0.3 is 5.69 Å². The van der Waals surface area contributed by atoms with Gasteiger partial charge in [-0.1, -0.05) is 55.8 Å². The molecule has 0 bridgehead atoms. The predicted molar refractivity (Wildman–Crippen MR) is 128 cm³/mol. The Labute approximate surface area is 191 Å². The molecular weight excluding hydrogens is 418 g/mol. The Morgan fingerprint density at radius 3 is 2.48 bits per heavy atom. The van der Waals surface area contributed by atoms with Gasteiger partial charge in [0.2, 0.25) is 0 Å². The summed E-state index contributed by atoms with van der Waals surface area (Å²) in [7, 11) is 0. The van der Waals surface area contributed by atoms with Gasteiger partial charge in [0.15, 0.2) is 5.69 Å². The molecule has 0 saturated carbocycles. The summed E-state index contributed by atoms with van der Waals surface area (Å²) in [6.45, 7) is 2.41. The second-order valence-corrected chi connectivity index (χ2v) is 7.48. The number of nitrogens with zero attached hydrogens (tertiary/aromatic N) is 3. The smallest absolute Gasteiger partial charge is 0.330 e. The summed E-state index contributed by atoms with van der Waals surface area (Å²) < 4.78 is 1.29. The van der Waals surface area contributed by atoms with Crippen LogP contribution in [0.4, 0.5) is 11.5 Å². The minimum atomic E-state index is -0.721. The first-order valence-corrected chi connectivity index (χ1v) is 10.6. The number of nitrogens with one attached hydrogen (secondary N) is 1. The van der Waals surface area contributed by atoms with E-state index in [4.69, 9.17) is 11.0 Å². The molecule has 0 aliphatic heterocycles. The zero-order valence-electron chi connectivity index (χ0n) is 18.3. The van der Waals surface area contributed by atoms with Gasteiger partial charge in [-0.2, -0.15) is 5.26 Å². The Bertz CT molecular complexity index is 1300. The zero-order valence-corrected chi connectivity index (χ0v) is 18.3. The first-order valence-electron chi connectivity index (χ1n) is 10.6. The Balaban J connectivity index is 2.04. The number of nitrogens with two attached hydrogens (primary N) is 1. The lowest BCUT2D eigenvalue weighted by molar-refractivity contribution is -0.114. The fourth-order valence-corrected chi connectivity index (χ4v) is 3.34. The van der Waals surface area contributed by atoms with Crippen LogP contribution in [0.3, 0.4) is 0 Å². The number of nitrogen functional groups attached to an aromatic ring is 1. The van der Waals surface area contributed by atoms with Gasteiger partial charge < -0.3 is 5.73 Å². The maximum absolute atomic E-state index is 13.3. The number of carbonyl (C=O) groups excluding carboxylic acids is 1. The van der Waals surface area contributed by atoms with Gasteiger partial charge in [0.05, 0.1) is 18.2 Å². The van der Waals surface area contributed by atoms with Crippen molar-refractivity contribution in [3.05, 3.63) is 98.2 Å². The quantitative estimate of drug-likeness (QED) is 0.518. The van der Waals surface area contributed by atoms with Crippen LogP contribution in [0.5, 0.6) is 0 Å². The Morgan fingerprint density at radius 2 is 1.85 bits per heavy atom. The van der Waals surface area contributed by atoms with Crippen molar-refractivity contribution in [2.75, 3.05) is 10.6 Å². The van der Waals surface area contributed by atoms with Crippen molar-refractivity contribution >= 4 is 23.5 Å². The van der Waals surface area contributed by atoms with Crippen LogP contribution in [0.15, 0.2) is 70.3 Å². The summed E-state index contributed by atoms with van der Waals surface area (Å²) >= 11 is 0. The Kier molecular flexibility index (Phi) is 7.60. The summed E-state index contributed by atoms with van der Waals surface area (Å²) in [5, 5.41) is 8.94. The number of unbranched alkanes of at least 4 members (excludes halogenated alkanes) is 1. The maximum Gasteiger partial charge on any atom is 0.330 e. The van der Waals surface area contributed by atoms with Gasteiger partial charge in [-0.15, -0.1) is 0 Å². The molecule has 0 spiro atoms. The molecule has 33 heavy (non-hydrogen) atoms. The highest BCUT2D eigenvalue weighted by Gasteiger charge is 2.23. The maximum atomic E-state index is 13.3. The van der Waals surface area contributed by atoms with Crippen LogP contribution >= 0.6 is 0 Å². The standard InChI is InChI=1S/C25H25N5O3/c1-2-3-15-29-23(27)22(24(32)28-25(29)33)30(17-20-7-5-4-6-8-20)21(31)14-13-18-9-11-19(16-26)12-10-18/h4-14H,2-3,15,17,27H2,1H3,(H,28,32,33)/b14-13+. The molecule has 0 aliphatic rings. The van der Waals surface area contributed by atoms with Crippen molar-refractivity contribution in [3.63, 3.8) is 0 Å². The largest absolute Gasteiger partial charge is 0.383 e. The summed E-state index contributed by atoms with van der Waals surface area (Å²) in [5.41, 5.74) is 6.89. The number of benzene rings is 2. The average molecular weight is 444 g/mol. The predicted octanol–water partition coefficient (Wildman–Crippen LogP) is 3.04. The molecule has 0 radical (unpaired) electrons. The van der Waals surface area contributed by atoms with E-state index < -0.39 is 17.2 Å². The normalized spacial score (nSPS) is 10.8. The monoisotopic (exact) mass is 443 g/mol. The van der Waals surface area contributed by atoms with Crippen molar-refractivity contribution in [1.82, 2.24) is 9.55 Å². The lowest BCUT2D eigenvalue weighted by atomic mass is 10.1. The lowest BCUT2D eigenvalue weighted by Crippen LogP contribution is -2.40. The molecule has 1 heterocycles. The average Bonchev–Trinajstić information content (AvgIpc) is 2.82. The molecule has 3 N–H and O–H groups in total. The number of carbonyl (C=O) groups is 1. The van der Waals surface area contributed by atoms with Crippen LogP contribution < -0.4 is 21.9 Å². The van der Waals surface area contributed by atoms with E-state index in [-0.39, 0.29) is 18.1 Å². The van der Waals surface area contributed by atoms with Gasteiger partial charge in [0.1, 0.15) is 5.82 Å².